The minimum atomic E-state index is -3.97. The SMILES string of the molecule is Cc1ccc(-c2c(C)nn(-c3ccc(CCOC(=O)NS(=O)(=O)c4ccc(C)cc4)cc3)c2C)cc1.N. The number of hydrogen-bond donors (Lipinski definition) is 2. The summed E-state index contributed by atoms with van der Waals surface area (Å²) in [6, 6.07) is 22.5. The third kappa shape index (κ3) is 6.44. The monoisotopic (exact) mass is 520 g/mol. The van der Waals surface area contributed by atoms with Gasteiger partial charge in [-0.15, -0.1) is 0 Å². The third-order valence-electron chi connectivity index (χ3n) is 5.99. The van der Waals surface area contributed by atoms with Gasteiger partial charge in [0.2, 0.25) is 0 Å². The van der Waals surface area contributed by atoms with E-state index in [9.17, 15) is 13.2 Å². The first kappa shape index (κ1) is 27.6. The number of rotatable bonds is 7. The Morgan fingerprint density at radius 1 is 0.865 bits per heavy atom. The van der Waals surface area contributed by atoms with Crippen molar-refractivity contribution in [2.45, 2.75) is 39.0 Å². The maximum absolute atomic E-state index is 12.3. The largest absolute Gasteiger partial charge is 0.448 e. The minimum Gasteiger partial charge on any atom is -0.448 e. The van der Waals surface area contributed by atoms with Crippen LogP contribution >= 0.6 is 0 Å². The average molecular weight is 521 g/mol. The number of carbonyl (C=O) groups is 1. The zero-order chi connectivity index (χ0) is 25.9. The standard InChI is InChI=1S/C28H29N3O4S.H3N/c1-19-5-11-24(12-6-19)27-21(3)29-31(22(27)4)25-13-9-23(10-14-25)17-18-35-28(32)30-36(33,34)26-15-7-20(2)8-16-26;/h5-16H,17-18H2,1-4H3,(H,30,32);1H3. The fourth-order valence-corrected chi connectivity index (χ4v) is 4.90. The number of nitrogens with zero attached hydrogens (tertiary/aromatic N) is 2. The van der Waals surface area contributed by atoms with Crippen LogP contribution in [0.15, 0.2) is 77.7 Å². The molecule has 0 aliphatic carbocycles. The number of nitrogens with one attached hydrogen (secondary N) is 1. The molecule has 194 valence electrons. The summed E-state index contributed by atoms with van der Waals surface area (Å²) in [5, 5.41) is 4.74. The van der Waals surface area contributed by atoms with Crippen LogP contribution in [0.2, 0.25) is 0 Å². The van der Waals surface area contributed by atoms with Gasteiger partial charge in [0.05, 0.1) is 22.9 Å². The predicted octanol–water partition coefficient (Wildman–Crippen LogP) is 5.59. The molecule has 1 heterocycles. The molecule has 8 nitrogen and oxygen atoms in total. The Bertz CT molecular complexity index is 1480. The van der Waals surface area contributed by atoms with E-state index in [0.717, 1.165) is 39.3 Å². The molecule has 0 aliphatic heterocycles. The van der Waals surface area contributed by atoms with Crippen LogP contribution in [0.3, 0.4) is 0 Å². The van der Waals surface area contributed by atoms with Crippen molar-refractivity contribution in [2.24, 2.45) is 0 Å². The van der Waals surface area contributed by atoms with Gasteiger partial charge in [-0.05, 0) is 63.1 Å². The van der Waals surface area contributed by atoms with Crippen molar-refractivity contribution >= 4 is 16.1 Å². The van der Waals surface area contributed by atoms with Crippen LogP contribution in [0.25, 0.3) is 16.8 Å². The Morgan fingerprint density at radius 2 is 1.43 bits per heavy atom. The van der Waals surface area contributed by atoms with E-state index in [2.05, 4.69) is 38.1 Å². The summed E-state index contributed by atoms with van der Waals surface area (Å²) in [6.45, 7) is 8.03. The molecule has 9 heteroatoms. The molecule has 0 radical (unpaired) electrons. The normalized spacial score (nSPS) is 11.0. The quantitative estimate of drug-likeness (QED) is 0.327. The van der Waals surface area contributed by atoms with Gasteiger partial charge in [0.1, 0.15) is 0 Å². The molecule has 4 rings (SSSR count). The Hall–Kier alpha value is -3.95. The number of amides is 1. The molecule has 4 N–H and O–H groups in total. The van der Waals surface area contributed by atoms with Crippen LogP contribution < -0.4 is 10.9 Å². The lowest BCUT2D eigenvalue weighted by molar-refractivity contribution is 0.154. The smallest absolute Gasteiger partial charge is 0.421 e. The van der Waals surface area contributed by atoms with Gasteiger partial charge < -0.3 is 10.9 Å². The summed E-state index contributed by atoms with van der Waals surface area (Å²) >= 11 is 0. The lowest BCUT2D eigenvalue weighted by Gasteiger charge is -2.09. The zero-order valence-electron chi connectivity index (χ0n) is 21.5. The first-order valence-corrected chi connectivity index (χ1v) is 13.1. The molecule has 0 saturated carbocycles. The van der Waals surface area contributed by atoms with Gasteiger partial charge in [0.15, 0.2) is 0 Å². The topological polar surface area (TPSA) is 125 Å². The van der Waals surface area contributed by atoms with Crippen molar-refractivity contribution in [2.75, 3.05) is 6.61 Å². The fraction of sp³-hybridized carbons (Fsp3) is 0.214. The van der Waals surface area contributed by atoms with Gasteiger partial charge in [-0.1, -0.05) is 59.7 Å². The van der Waals surface area contributed by atoms with Gasteiger partial charge >= 0.3 is 6.09 Å². The number of sulfonamides is 1. The lowest BCUT2D eigenvalue weighted by Crippen LogP contribution is -2.31. The maximum Gasteiger partial charge on any atom is 0.421 e. The molecule has 0 fully saturated rings. The third-order valence-corrected chi connectivity index (χ3v) is 7.31. The highest BCUT2D eigenvalue weighted by Crippen LogP contribution is 2.29. The van der Waals surface area contributed by atoms with E-state index in [4.69, 9.17) is 9.84 Å². The molecule has 4 aromatic rings. The van der Waals surface area contributed by atoms with Gasteiger partial charge in [0.25, 0.3) is 10.0 Å². The van der Waals surface area contributed by atoms with Gasteiger partial charge in [-0.3, -0.25) is 0 Å². The van der Waals surface area contributed by atoms with E-state index in [0.29, 0.717) is 6.42 Å². The molecule has 0 saturated heterocycles. The van der Waals surface area contributed by atoms with Crippen LogP contribution in [0, 0.1) is 27.7 Å². The number of carbonyl (C=O) groups excluding carboxylic acids is 1. The number of aromatic nitrogens is 2. The summed E-state index contributed by atoms with van der Waals surface area (Å²) in [5.74, 6) is 0. The summed E-state index contributed by atoms with van der Waals surface area (Å²) < 4.78 is 33.5. The molecule has 1 amide bonds. The summed E-state index contributed by atoms with van der Waals surface area (Å²) in [4.78, 5) is 12.0. The van der Waals surface area contributed by atoms with E-state index in [-0.39, 0.29) is 17.7 Å². The van der Waals surface area contributed by atoms with Crippen LogP contribution in [0.1, 0.15) is 28.1 Å². The molecule has 0 aliphatic rings. The van der Waals surface area contributed by atoms with E-state index >= 15 is 0 Å². The van der Waals surface area contributed by atoms with Crippen molar-refractivity contribution in [3.8, 4) is 16.8 Å². The van der Waals surface area contributed by atoms with E-state index in [1.54, 1.807) is 12.1 Å². The Labute approximate surface area is 217 Å². The number of ether oxygens (including phenoxy) is 1. The summed E-state index contributed by atoms with van der Waals surface area (Å²) in [7, 11) is -3.97. The van der Waals surface area contributed by atoms with Crippen LogP contribution in [-0.4, -0.2) is 30.9 Å². The Morgan fingerprint density at radius 3 is 2.03 bits per heavy atom. The minimum absolute atomic E-state index is 0. The first-order valence-electron chi connectivity index (χ1n) is 11.6. The number of aryl methyl sites for hydroxylation is 3. The molecule has 37 heavy (non-hydrogen) atoms. The lowest BCUT2D eigenvalue weighted by atomic mass is 10.0. The van der Waals surface area contributed by atoms with Crippen molar-refractivity contribution in [3.05, 3.63) is 101 Å². The molecular formula is C28H32N4O4S. The molecule has 0 atom stereocenters. The van der Waals surface area contributed by atoms with Gasteiger partial charge in [-0.2, -0.15) is 5.10 Å². The summed E-state index contributed by atoms with van der Waals surface area (Å²) in [5.41, 5.74) is 8.30. The van der Waals surface area contributed by atoms with Crippen molar-refractivity contribution in [3.63, 3.8) is 0 Å². The van der Waals surface area contributed by atoms with E-state index < -0.39 is 16.1 Å². The second kappa shape index (κ2) is 11.4. The average Bonchev–Trinajstić information content (AvgIpc) is 3.14. The van der Waals surface area contributed by atoms with Crippen molar-refractivity contribution in [1.29, 1.82) is 0 Å². The first-order chi connectivity index (χ1) is 17.1. The number of benzene rings is 3. The molecule has 1 aromatic heterocycles. The van der Waals surface area contributed by atoms with Crippen molar-refractivity contribution in [1.82, 2.24) is 20.7 Å². The highest BCUT2D eigenvalue weighted by molar-refractivity contribution is 7.90. The van der Waals surface area contributed by atoms with E-state index in [1.807, 2.05) is 47.5 Å². The molecule has 3 aromatic carbocycles. The molecular weight excluding hydrogens is 488 g/mol. The fourth-order valence-electron chi connectivity index (χ4n) is 4.01. The highest BCUT2D eigenvalue weighted by Gasteiger charge is 2.18. The van der Waals surface area contributed by atoms with Gasteiger partial charge in [-0.25, -0.2) is 22.6 Å². The Balaban J connectivity index is 0.00000380. The molecule has 0 bridgehead atoms. The van der Waals surface area contributed by atoms with Gasteiger partial charge in [0, 0.05) is 17.7 Å². The predicted molar refractivity (Wildman–Crippen MR) is 145 cm³/mol. The van der Waals surface area contributed by atoms with Crippen LogP contribution in [-0.2, 0) is 21.2 Å². The summed E-state index contributed by atoms with van der Waals surface area (Å²) in [6.07, 6.45) is -0.553. The second-order valence-electron chi connectivity index (χ2n) is 8.79. The number of hydrogen-bond acceptors (Lipinski definition) is 6. The highest BCUT2D eigenvalue weighted by atomic mass is 32.2. The zero-order valence-corrected chi connectivity index (χ0v) is 22.3. The Kier molecular flexibility index (Phi) is 8.52. The second-order valence-corrected chi connectivity index (χ2v) is 10.5. The maximum atomic E-state index is 12.3. The van der Waals surface area contributed by atoms with E-state index in [1.165, 1.54) is 17.7 Å². The molecule has 0 spiro atoms. The molecule has 0 unspecified atom stereocenters. The van der Waals surface area contributed by atoms with Crippen molar-refractivity contribution < 1.29 is 17.9 Å². The van der Waals surface area contributed by atoms with Crippen LogP contribution in [0.4, 0.5) is 4.79 Å². The van der Waals surface area contributed by atoms with Crippen LogP contribution in [0.5, 0.6) is 0 Å².